The second-order valence-corrected chi connectivity index (χ2v) is 8.05. The largest absolute Gasteiger partial charge is 0.385 e. The minimum absolute atomic E-state index is 0.320. The molecule has 0 aromatic rings. The molecule has 1 rings (SSSR count). The summed E-state index contributed by atoms with van der Waals surface area (Å²) in [5.74, 6) is 1.45. The second-order valence-electron chi connectivity index (χ2n) is 8.05. The van der Waals surface area contributed by atoms with Crippen molar-refractivity contribution in [3.8, 4) is 0 Å². The van der Waals surface area contributed by atoms with E-state index >= 15 is 0 Å². The second kappa shape index (κ2) is 8.50. The van der Waals surface area contributed by atoms with Crippen LogP contribution < -0.4 is 5.32 Å². The van der Waals surface area contributed by atoms with E-state index in [-0.39, 0.29) is 0 Å². The normalized spacial score (nSPS) is 26.3. The number of rotatable bonds is 8. The number of nitrogens with one attached hydrogen (secondary N) is 1. The third-order valence-corrected chi connectivity index (χ3v) is 5.20. The molecule has 1 saturated heterocycles. The topological polar surface area (TPSA) is 24.5 Å². The van der Waals surface area contributed by atoms with E-state index in [1.807, 2.05) is 0 Å². The van der Waals surface area contributed by atoms with Gasteiger partial charge in [-0.1, -0.05) is 48.0 Å². The summed E-state index contributed by atoms with van der Waals surface area (Å²) in [6.07, 6.45) is 2.39. The Labute approximate surface area is 132 Å². The number of ether oxygens (including phenoxy) is 1. The Morgan fingerprint density at radius 1 is 1.29 bits per heavy atom. The van der Waals surface area contributed by atoms with Gasteiger partial charge in [0.2, 0.25) is 0 Å². The number of piperazine rings is 1. The van der Waals surface area contributed by atoms with Gasteiger partial charge in [0.25, 0.3) is 0 Å². The van der Waals surface area contributed by atoms with Gasteiger partial charge in [0, 0.05) is 45.4 Å². The van der Waals surface area contributed by atoms with Crippen molar-refractivity contribution in [2.75, 3.05) is 33.4 Å². The number of nitrogens with zero attached hydrogens (tertiary/aromatic N) is 1. The van der Waals surface area contributed by atoms with E-state index in [4.69, 9.17) is 4.74 Å². The third-order valence-electron chi connectivity index (χ3n) is 5.20. The van der Waals surface area contributed by atoms with Gasteiger partial charge in [-0.25, -0.2) is 0 Å². The first-order valence-corrected chi connectivity index (χ1v) is 8.77. The van der Waals surface area contributed by atoms with Gasteiger partial charge in [-0.3, -0.25) is 4.90 Å². The molecule has 1 aliphatic heterocycles. The first kappa shape index (κ1) is 18.9. The van der Waals surface area contributed by atoms with Gasteiger partial charge in [0.15, 0.2) is 0 Å². The predicted molar refractivity (Wildman–Crippen MR) is 91.7 cm³/mol. The summed E-state index contributed by atoms with van der Waals surface area (Å²) in [5, 5.41) is 3.79. The highest BCUT2D eigenvalue weighted by Crippen LogP contribution is 2.27. The molecule has 1 aliphatic rings. The minimum atomic E-state index is 0.320. The minimum Gasteiger partial charge on any atom is -0.385 e. The molecular weight excluding hydrogens is 260 g/mol. The number of hydrogen-bond donors (Lipinski definition) is 1. The summed E-state index contributed by atoms with van der Waals surface area (Å²) in [7, 11) is 1.80. The molecule has 3 atom stereocenters. The summed E-state index contributed by atoms with van der Waals surface area (Å²) in [6.45, 7) is 18.5. The molecule has 21 heavy (non-hydrogen) atoms. The van der Waals surface area contributed by atoms with Crippen molar-refractivity contribution in [3.05, 3.63) is 0 Å². The van der Waals surface area contributed by atoms with E-state index in [0.29, 0.717) is 23.4 Å². The monoisotopic (exact) mass is 298 g/mol. The van der Waals surface area contributed by atoms with E-state index < -0.39 is 0 Å². The molecule has 3 nitrogen and oxygen atoms in total. The molecule has 0 spiro atoms. The summed E-state index contributed by atoms with van der Waals surface area (Å²) < 4.78 is 5.29. The Kier molecular flexibility index (Phi) is 7.66. The Balaban J connectivity index is 2.71. The van der Waals surface area contributed by atoms with Gasteiger partial charge in [-0.05, 0) is 23.7 Å². The van der Waals surface area contributed by atoms with E-state index in [9.17, 15) is 0 Å². The quantitative estimate of drug-likeness (QED) is 0.743. The van der Waals surface area contributed by atoms with Crippen LogP contribution in [-0.4, -0.2) is 50.3 Å². The molecule has 0 bridgehead atoms. The lowest BCUT2D eigenvalue weighted by molar-refractivity contribution is 0.0375. The van der Waals surface area contributed by atoms with Crippen molar-refractivity contribution in [3.63, 3.8) is 0 Å². The lowest BCUT2D eigenvalue weighted by Gasteiger charge is -2.47. The van der Waals surface area contributed by atoms with Crippen molar-refractivity contribution in [1.29, 1.82) is 0 Å². The van der Waals surface area contributed by atoms with Crippen LogP contribution in [0.3, 0.4) is 0 Å². The van der Waals surface area contributed by atoms with Crippen molar-refractivity contribution >= 4 is 0 Å². The van der Waals surface area contributed by atoms with Crippen LogP contribution in [0.2, 0.25) is 0 Å². The van der Waals surface area contributed by atoms with E-state index in [0.717, 1.165) is 25.5 Å². The van der Waals surface area contributed by atoms with Crippen molar-refractivity contribution in [2.24, 2.45) is 17.3 Å². The maximum atomic E-state index is 5.29. The molecule has 1 heterocycles. The first-order chi connectivity index (χ1) is 9.80. The van der Waals surface area contributed by atoms with Crippen LogP contribution >= 0.6 is 0 Å². The molecule has 3 heteroatoms. The number of hydrogen-bond acceptors (Lipinski definition) is 3. The molecule has 1 N–H and O–H groups in total. The molecule has 0 radical (unpaired) electrons. The lowest BCUT2D eigenvalue weighted by atomic mass is 9.85. The van der Waals surface area contributed by atoms with Gasteiger partial charge in [-0.2, -0.15) is 0 Å². The van der Waals surface area contributed by atoms with Gasteiger partial charge in [0.1, 0.15) is 0 Å². The van der Waals surface area contributed by atoms with Gasteiger partial charge >= 0.3 is 0 Å². The SMILES string of the molecule is CCC(C)C1CN(CC(C)(C)CCOC)C(C(C)C)CN1. The van der Waals surface area contributed by atoms with Crippen LogP contribution in [0.1, 0.15) is 54.4 Å². The molecule has 0 saturated carbocycles. The number of methoxy groups -OCH3 is 1. The maximum absolute atomic E-state index is 5.29. The van der Waals surface area contributed by atoms with Crippen molar-refractivity contribution in [1.82, 2.24) is 10.2 Å². The molecule has 0 aromatic carbocycles. The third kappa shape index (κ3) is 5.88. The predicted octanol–water partition coefficient (Wildman–Crippen LogP) is 3.39. The Morgan fingerprint density at radius 3 is 2.48 bits per heavy atom. The zero-order valence-corrected chi connectivity index (χ0v) is 15.4. The highest BCUT2D eigenvalue weighted by molar-refractivity contribution is 4.91. The van der Waals surface area contributed by atoms with E-state index in [1.165, 1.54) is 19.5 Å². The van der Waals surface area contributed by atoms with Crippen LogP contribution in [0, 0.1) is 17.3 Å². The van der Waals surface area contributed by atoms with Crippen LogP contribution in [0.15, 0.2) is 0 Å². The molecule has 3 unspecified atom stereocenters. The van der Waals surface area contributed by atoms with E-state index in [1.54, 1.807) is 7.11 Å². The summed E-state index contributed by atoms with van der Waals surface area (Å²) in [4.78, 5) is 2.74. The molecular formula is C18H38N2O. The fraction of sp³-hybridized carbons (Fsp3) is 1.00. The Hall–Kier alpha value is -0.120. The van der Waals surface area contributed by atoms with Crippen LogP contribution in [0.5, 0.6) is 0 Å². The molecule has 126 valence electrons. The fourth-order valence-corrected chi connectivity index (χ4v) is 3.37. The standard InChI is InChI=1S/C18H38N2O/c1-8-15(4)16-12-20(17(11-19-16)14(2)3)13-18(5,6)9-10-21-7/h14-17,19H,8-13H2,1-7H3. The first-order valence-electron chi connectivity index (χ1n) is 8.77. The molecule has 0 amide bonds. The van der Waals surface area contributed by atoms with Crippen molar-refractivity contribution in [2.45, 2.75) is 66.5 Å². The maximum Gasteiger partial charge on any atom is 0.0467 e. The zero-order valence-electron chi connectivity index (χ0n) is 15.4. The van der Waals surface area contributed by atoms with Gasteiger partial charge in [-0.15, -0.1) is 0 Å². The zero-order chi connectivity index (χ0) is 16.0. The Morgan fingerprint density at radius 2 is 1.95 bits per heavy atom. The van der Waals surface area contributed by atoms with Gasteiger partial charge < -0.3 is 10.1 Å². The van der Waals surface area contributed by atoms with Crippen LogP contribution in [0.25, 0.3) is 0 Å². The summed E-state index contributed by atoms with van der Waals surface area (Å²) in [5.41, 5.74) is 0.320. The highest BCUT2D eigenvalue weighted by Gasteiger charge is 2.34. The van der Waals surface area contributed by atoms with Gasteiger partial charge in [0.05, 0.1) is 0 Å². The Bertz CT molecular complexity index is 291. The molecule has 0 aliphatic carbocycles. The van der Waals surface area contributed by atoms with Crippen molar-refractivity contribution < 1.29 is 4.74 Å². The molecule has 1 fully saturated rings. The average Bonchev–Trinajstić information content (AvgIpc) is 2.43. The fourth-order valence-electron chi connectivity index (χ4n) is 3.37. The smallest absolute Gasteiger partial charge is 0.0467 e. The van der Waals surface area contributed by atoms with Crippen LogP contribution in [-0.2, 0) is 4.74 Å². The highest BCUT2D eigenvalue weighted by atomic mass is 16.5. The summed E-state index contributed by atoms with van der Waals surface area (Å²) in [6, 6.07) is 1.30. The van der Waals surface area contributed by atoms with E-state index in [2.05, 4.69) is 51.8 Å². The average molecular weight is 299 g/mol. The summed E-state index contributed by atoms with van der Waals surface area (Å²) >= 11 is 0. The lowest BCUT2D eigenvalue weighted by Crippen LogP contribution is -2.61. The molecule has 0 aromatic heterocycles. The van der Waals surface area contributed by atoms with Crippen LogP contribution in [0.4, 0.5) is 0 Å².